The van der Waals surface area contributed by atoms with Crippen molar-refractivity contribution in [1.82, 2.24) is 14.8 Å². The molecule has 6 nitrogen and oxygen atoms in total. The van der Waals surface area contributed by atoms with E-state index in [4.69, 9.17) is 11.6 Å². The molecular weight excluding hydrogens is 472 g/mol. The number of fused-ring (bicyclic) bond motifs is 1. The van der Waals surface area contributed by atoms with Gasteiger partial charge in [-0.25, -0.2) is 4.79 Å². The van der Waals surface area contributed by atoms with Crippen molar-refractivity contribution in [1.29, 1.82) is 0 Å². The fourth-order valence-electron chi connectivity index (χ4n) is 5.90. The lowest BCUT2D eigenvalue weighted by molar-refractivity contribution is -0.113. The van der Waals surface area contributed by atoms with Crippen LogP contribution < -0.4 is 5.32 Å². The highest BCUT2D eigenvalue weighted by molar-refractivity contribution is 6.31. The van der Waals surface area contributed by atoms with Gasteiger partial charge in [-0.05, 0) is 99.3 Å². The highest BCUT2D eigenvalue weighted by Gasteiger charge is 2.30. The van der Waals surface area contributed by atoms with Gasteiger partial charge in [0.2, 0.25) is 0 Å². The molecule has 0 bridgehead atoms. The van der Waals surface area contributed by atoms with Crippen molar-refractivity contribution in [3.8, 4) is 0 Å². The maximum absolute atomic E-state index is 12.7. The van der Waals surface area contributed by atoms with Crippen molar-refractivity contribution in [2.45, 2.75) is 51.0 Å². The standard InChI is InChI=1S/C29H35ClN4O2/c1-20-16-23(6-7-27(20)30)32-29(36)34-12-8-21(9-13-34)17-24(19-35)33-14-10-22(11-15-33)26-18-31-28-5-3-2-4-25(26)28/h2-7,16,18-19,21-22,24,31H,8-15,17H2,1H3,(H,32,36). The number of aromatic nitrogens is 1. The number of urea groups is 1. The predicted octanol–water partition coefficient (Wildman–Crippen LogP) is 6.21. The van der Waals surface area contributed by atoms with Gasteiger partial charge in [0.15, 0.2) is 0 Å². The van der Waals surface area contributed by atoms with Gasteiger partial charge in [-0.2, -0.15) is 0 Å². The molecule has 5 rings (SSSR count). The Morgan fingerprint density at radius 1 is 1.11 bits per heavy atom. The molecule has 0 spiro atoms. The number of para-hydroxylation sites is 1. The number of carbonyl (C=O) groups excluding carboxylic acids is 2. The minimum atomic E-state index is -0.0681. The van der Waals surface area contributed by atoms with E-state index in [-0.39, 0.29) is 12.1 Å². The highest BCUT2D eigenvalue weighted by Crippen LogP contribution is 2.34. The summed E-state index contributed by atoms with van der Waals surface area (Å²) in [5, 5.41) is 5.01. The first kappa shape index (κ1) is 24.8. The molecule has 1 atom stereocenters. The molecule has 2 aliphatic heterocycles. The number of amides is 2. The van der Waals surface area contributed by atoms with E-state index in [9.17, 15) is 9.59 Å². The van der Waals surface area contributed by atoms with Crippen molar-refractivity contribution < 1.29 is 9.59 Å². The Bertz CT molecular complexity index is 1210. The van der Waals surface area contributed by atoms with Crippen LogP contribution in [0.25, 0.3) is 10.9 Å². The predicted molar refractivity (Wildman–Crippen MR) is 146 cm³/mol. The van der Waals surface area contributed by atoms with E-state index in [2.05, 4.69) is 45.7 Å². The molecule has 190 valence electrons. The van der Waals surface area contributed by atoms with E-state index in [0.717, 1.165) is 75.8 Å². The third-order valence-electron chi connectivity index (χ3n) is 8.10. The number of hydrogen-bond acceptors (Lipinski definition) is 3. The lowest BCUT2D eigenvalue weighted by Gasteiger charge is -2.38. The number of hydrogen-bond donors (Lipinski definition) is 2. The number of carbonyl (C=O) groups is 2. The summed E-state index contributed by atoms with van der Waals surface area (Å²) in [6, 6.07) is 13.9. The molecule has 3 heterocycles. The molecule has 2 amide bonds. The van der Waals surface area contributed by atoms with E-state index in [1.807, 2.05) is 30.0 Å². The molecule has 3 aromatic rings. The number of nitrogens with zero attached hydrogens (tertiary/aromatic N) is 2. The Hall–Kier alpha value is -2.83. The second kappa shape index (κ2) is 11.1. The largest absolute Gasteiger partial charge is 0.361 e. The minimum absolute atomic E-state index is 0.0312. The van der Waals surface area contributed by atoms with Gasteiger partial charge in [0.25, 0.3) is 0 Å². The molecular formula is C29H35ClN4O2. The lowest BCUT2D eigenvalue weighted by Crippen LogP contribution is -2.45. The summed E-state index contributed by atoms with van der Waals surface area (Å²) >= 11 is 6.09. The molecule has 0 radical (unpaired) electrons. The van der Waals surface area contributed by atoms with Crippen LogP contribution in [0.2, 0.25) is 5.02 Å². The first-order valence-corrected chi connectivity index (χ1v) is 13.5. The van der Waals surface area contributed by atoms with Crippen LogP contribution in [0.4, 0.5) is 10.5 Å². The van der Waals surface area contributed by atoms with Crippen LogP contribution in [-0.4, -0.2) is 59.3 Å². The summed E-state index contributed by atoms with van der Waals surface area (Å²) in [7, 11) is 0. The molecule has 1 unspecified atom stereocenters. The zero-order valence-electron chi connectivity index (χ0n) is 20.9. The van der Waals surface area contributed by atoms with Gasteiger partial charge in [-0.1, -0.05) is 29.8 Å². The van der Waals surface area contributed by atoms with E-state index in [0.29, 0.717) is 16.9 Å². The summed E-state index contributed by atoms with van der Waals surface area (Å²) in [6.07, 6.45) is 8.22. The number of benzene rings is 2. The van der Waals surface area contributed by atoms with Gasteiger partial charge in [0, 0.05) is 40.9 Å². The van der Waals surface area contributed by atoms with Crippen LogP contribution >= 0.6 is 11.6 Å². The molecule has 2 fully saturated rings. The quantitative estimate of drug-likeness (QED) is 0.390. The maximum Gasteiger partial charge on any atom is 0.321 e. The van der Waals surface area contributed by atoms with Crippen LogP contribution in [0.1, 0.15) is 49.1 Å². The summed E-state index contributed by atoms with van der Waals surface area (Å²) < 4.78 is 0. The smallest absolute Gasteiger partial charge is 0.321 e. The monoisotopic (exact) mass is 506 g/mol. The first-order valence-electron chi connectivity index (χ1n) is 13.1. The lowest BCUT2D eigenvalue weighted by atomic mass is 9.86. The number of aldehydes is 1. The number of aryl methyl sites for hydroxylation is 1. The molecule has 2 saturated heterocycles. The average Bonchev–Trinajstić information content (AvgIpc) is 3.34. The third kappa shape index (κ3) is 5.45. The van der Waals surface area contributed by atoms with Crippen LogP contribution in [-0.2, 0) is 4.79 Å². The number of piperidine rings is 2. The van der Waals surface area contributed by atoms with Gasteiger partial charge in [0.05, 0.1) is 6.04 Å². The van der Waals surface area contributed by atoms with Crippen LogP contribution in [0.15, 0.2) is 48.7 Å². The van der Waals surface area contributed by atoms with Gasteiger partial charge in [-0.3, -0.25) is 4.90 Å². The van der Waals surface area contributed by atoms with Crippen LogP contribution in [0.5, 0.6) is 0 Å². The SMILES string of the molecule is Cc1cc(NC(=O)N2CCC(CC(C=O)N3CCC(c4c[nH]c5ccccc45)CC3)CC2)ccc1Cl. The molecule has 36 heavy (non-hydrogen) atoms. The second-order valence-corrected chi connectivity index (χ2v) is 10.8. The zero-order valence-corrected chi connectivity index (χ0v) is 21.6. The Kier molecular flexibility index (Phi) is 7.63. The van der Waals surface area contributed by atoms with Crippen molar-refractivity contribution >= 4 is 40.5 Å². The Morgan fingerprint density at radius 3 is 2.58 bits per heavy atom. The molecule has 1 aromatic heterocycles. The third-order valence-corrected chi connectivity index (χ3v) is 8.53. The van der Waals surface area contributed by atoms with Gasteiger partial charge in [-0.15, -0.1) is 0 Å². The summed E-state index contributed by atoms with van der Waals surface area (Å²) in [4.78, 5) is 32.4. The number of likely N-dealkylation sites (tertiary alicyclic amines) is 2. The van der Waals surface area contributed by atoms with Crippen molar-refractivity contribution in [3.63, 3.8) is 0 Å². The molecule has 2 aliphatic rings. The fourth-order valence-corrected chi connectivity index (χ4v) is 6.02. The maximum atomic E-state index is 12.7. The number of anilines is 1. The zero-order chi connectivity index (χ0) is 25.1. The Balaban J connectivity index is 1.09. The van der Waals surface area contributed by atoms with E-state index < -0.39 is 0 Å². The summed E-state index contributed by atoms with van der Waals surface area (Å²) in [5.41, 5.74) is 4.32. The Morgan fingerprint density at radius 2 is 1.86 bits per heavy atom. The van der Waals surface area contributed by atoms with Crippen molar-refractivity contribution in [2.24, 2.45) is 5.92 Å². The molecule has 2 aromatic carbocycles. The first-order chi connectivity index (χ1) is 17.5. The molecule has 0 aliphatic carbocycles. The Labute approximate surface area is 218 Å². The number of aromatic amines is 1. The number of rotatable bonds is 6. The van der Waals surface area contributed by atoms with E-state index in [1.54, 1.807) is 0 Å². The van der Waals surface area contributed by atoms with Crippen molar-refractivity contribution in [2.75, 3.05) is 31.5 Å². The van der Waals surface area contributed by atoms with E-state index in [1.165, 1.54) is 16.5 Å². The van der Waals surface area contributed by atoms with E-state index >= 15 is 0 Å². The average molecular weight is 507 g/mol. The highest BCUT2D eigenvalue weighted by atomic mass is 35.5. The van der Waals surface area contributed by atoms with Crippen LogP contribution in [0, 0.1) is 12.8 Å². The second-order valence-electron chi connectivity index (χ2n) is 10.4. The number of H-pyrrole nitrogens is 1. The summed E-state index contributed by atoms with van der Waals surface area (Å²) in [6.45, 7) is 5.27. The summed E-state index contributed by atoms with van der Waals surface area (Å²) in [5.74, 6) is 1.00. The normalized spacial score (nSPS) is 18.9. The molecule has 7 heteroatoms. The van der Waals surface area contributed by atoms with Gasteiger partial charge in [0.1, 0.15) is 6.29 Å². The topological polar surface area (TPSA) is 68.4 Å². The van der Waals surface area contributed by atoms with Gasteiger partial charge >= 0.3 is 6.03 Å². The minimum Gasteiger partial charge on any atom is -0.361 e. The number of nitrogens with one attached hydrogen (secondary N) is 2. The van der Waals surface area contributed by atoms with Gasteiger partial charge < -0.3 is 20.0 Å². The number of halogens is 1. The molecule has 0 saturated carbocycles. The van der Waals surface area contributed by atoms with Crippen molar-refractivity contribution in [3.05, 3.63) is 64.8 Å². The molecule has 2 N–H and O–H groups in total. The van der Waals surface area contributed by atoms with Crippen LogP contribution in [0.3, 0.4) is 0 Å². The fraction of sp³-hybridized carbons (Fsp3) is 0.448.